The van der Waals surface area contributed by atoms with Gasteiger partial charge in [0, 0.05) is 28.2 Å². The van der Waals surface area contributed by atoms with Crippen LogP contribution in [-0.2, 0) is 0 Å². The summed E-state index contributed by atoms with van der Waals surface area (Å²) < 4.78 is 7.52. The standard InChI is InChI=1S/C19H18N6OS/c1-2-26-15-9-7-13(8-10-15)18-22-23-19(27)25(18)24-21-12-14-11-20-17-6-4-3-5-16(14)17/h3-12,20,24H,2H2,1H3,(H,23,27). The van der Waals surface area contributed by atoms with Crippen LogP contribution in [-0.4, -0.2) is 32.7 Å². The van der Waals surface area contributed by atoms with E-state index in [1.807, 2.05) is 61.7 Å². The maximum atomic E-state index is 5.48. The van der Waals surface area contributed by atoms with Crippen LogP contribution in [0.5, 0.6) is 5.75 Å². The average Bonchev–Trinajstić information content (AvgIpc) is 3.27. The fourth-order valence-corrected chi connectivity index (χ4v) is 2.98. The summed E-state index contributed by atoms with van der Waals surface area (Å²) >= 11 is 5.31. The molecule has 0 spiro atoms. The average molecular weight is 378 g/mol. The molecule has 0 radical (unpaired) electrons. The zero-order chi connectivity index (χ0) is 18.6. The molecule has 0 atom stereocenters. The van der Waals surface area contributed by atoms with Gasteiger partial charge in [0.2, 0.25) is 4.77 Å². The first-order valence-electron chi connectivity index (χ1n) is 8.52. The lowest BCUT2D eigenvalue weighted by Crippen LogP contribution is -2.10. The number of H-pyrrole nitrogens is 2. The Morgan fingerprint density at radius 3 is 2.85 bits per heavy atom. The number of nitrogens with one attached hydrogen (secondary N) is 3. The van der Waals surface area contributed by atoms with Crippen molar-refractivity contribution in [3.05, 3.63) is 65.1 Å². The number of nitrogens with zero attached hydrogens (tertiary/aromatic N) is 3. The number of aromatic nitrogens is 4. The molecule has 0 unspecified atom stereocenters. The van der Waals surface area contributed by atoms with Crippen molar-refractivity contribution in [2.45, 2.75) is 6.92 Å². The third kappa shape index (κ3) is 3.47. The number of ether oxygens (including phenoxy) is 1. The van der Waals surface area contributed by atoms with Crippen LogP contribution >= 0.6 is 12.2 Å². The second-order valence-corrected chi connectivity index (χ2v) is 6.18. The molecule has 2 aromatic carbocycles. The fourth-order valence-electron chi connectivity index (χ4n) is 2.81. The van der Waals surface area contributed by atoms with E-state index in [0.717, 1.165) is 27.8 Å². The van der Waals surface area contributed by atoms with Crippen LogP contribution < -0.4 is 10.3 Å². The van der Waals surface area contributed by atoms with E-state index in [9.17, 15) is 0 Å². The van der Waals surface area contributed by atoms with Crippen LogP contribution in [0.3, 0.4) is 0 Å². The largest absolute Gasteiger partial charge is 0.494 e. The topological polar surface area (TPSA) is 83.0 Å². The number of hydrazone groups is 1. The van der Waals surface area contributed by atoms with Gasteiger partial charge in [0.1, 0.15) is 5.75 Å². The molecule has 3 N–H and O–H groups in total. The summed E-state index contributed by atoms with van der Waals surface area (Å²) in [5.41, 5.74) is 5.88. The molecule has 0 fully saturated rings. The molecule has 136 valence electrons. The second kappa shape index (κ2) is 7.46. The highest BCUT2D eigenvalue weighted by molar-refractivity contribution is 7.71. The van der Waals surface area contributed by atoms with Crippen molar-refractivity contribution in [3.8, 4) is 17.1 Å². The summed E-state index contributed by atoms with van der Waals surface area (Å²) in [5.74, 6) is 1.45. The number of fused-ring (bicyclic) bond motifs is 1. The minimum absolute atomic E-state index is 0.426. The smallest absolute Gasteiger partial charge is 0.216 e. The Morgan fingerprint density at radius 2 is 2.04 bits per heavy atom. The van der Waals surface area contributed by atoms with E-state index < -0.39 is 0 Å². The van der Waals surface area contributed by atoms with Gasteiger partial charge in [-0.25, -0.2) is 10.6 Å². The predicted octanol–water partition coefficient (Wildman–Crippen LogP) is 4.07. The van der Waals surface area contributed by atoms with Crippen LogP contribution in [0.1, 0.15) is 12.5 Å². The fraction of sp³-hybridized carbons (Fsp3) is 0.105. The lowest BCUT2D eigenvalue weighted by Gasteiger charge is -2.07. The zero-order valence-corrected chi connectivity index (χ0v) is 15.5. The van der Waals surface area contributed by atoms with Gasteiger partial charge in [-0.2, -0.15) is 14.9 Å². The highest BCUT2D eigenvalue weighted by atomic mass is 32.1. The zero-order valence-electron chi connectivity index (χ0n) is 14.6. The lowest BCUT2D eigenvalue weighted by molar-refractivity contribution is 0.340. The molecule has 0 bridgehead atoms. The van der Waals surface area contributed by atoms with Crippen LogP contribution in [0.15, 0.2) is 59.8 Å². The molecule has 8 heteroatoms. The molecular weight excluding hydrogens is 360 g/mol. The van der Waals surface area contributed by atoms with Gasteiger partial charge in [0.05, 0.1) is 12.8 Å². The van der Waals surface area contributed by atoms with Gasteiger partial charge in [-0.3, -0.25) is 0 Å². The summed E-state index contributed by atoms with van der Waals surface area (Å²) in [6.45, 7) is 2.58. The van der Waals surface area contributed by atoms with Crippen molar-refractivity contribution >= 4 is 29.3 Å². The molecule has 27 heavy (non-hydrogen) atoms. The summed E-state index contributed by atoms with van der Waals surface area (Å²) in [4.78, 5) is 3.22. The van der Waals surface area contributed by atoms with Crippen molar-refractivity contribution in [2.75, 3.05) is 12.1 Å². The first-order chi connectivity index (χ1) is 13.3. The van der Waals surface area contributed by atoms with E-state index in [0.29, 0.717) is 17.2 Å². The number of benzene rings is 2. The Bertz CT molecular complexity index is 1140. The molecule has 0 aliphatic heterocycles. The van der Waals surface area contributed by atoms with Gasteiger partial charge in [-0.15, -0.1) is 0 Å². The van der Waals surface area contributed by atoms with Crippen molar-refractivity contribution < 1.29 is 4.74 Å². The molecule has 4 aromatic rings. The third-order valence-electron chi connectivity index (χ3n) is 4.08. The summed E-state index contributed by atoms with van der Waals surface area (Å²) in [6, 6.07) is 15.7. The lowest BCUT2D eigenvalue weighted by atomic mass is 10.2. The molecular formula is C19H18N6OS. The molecule has 2 aromatic heterocycles. The highest BCUT2D eigenvalue weighted by Crippen LogP contribution is 2.20. The summed E-state index contributed by atoms with van der Waals surface area (Å²) in [7, 11) is 0. The molecule has 7 nitrogen and oxygen atoms in total. The van der Waals surface area contributed by atoms with Gasteiger partial charge in [-0.05, 0) is 49.5 Å². The first-order valence-corrected chi connectivity index (χ1v) is 8.93. The summed E-state index contributed by atoms with van der Waals surface area (Å²) in [5, 5.41) is 12.5. The van der Waals surface area contributed by atoms with E-state index in [-0.39, 0.29) is 0 Å². The number of aromatic amines is 2. The Balaban J connectivity index is 1.58. The van der Waals surface area contributed by atoms with Crippen molar-refractivity contribution in [1.29, 1.82) is 0 Å². The van der Waals surface area contributed by atoms with Crippen LogP contribution in [0.4, 0.5) is 0 Å². The molecule has 0 amide bonds. The maximum absolute atomic E-state index is 5.48. The Labute approximate surface area is 160 Å². The van der Waals surface area contributed by atoms with Crippen LogP contribution in [0.2, 0.25) is 0 Å². The molecule has 2 heterocycles. The van der Waals surface area contributed by atoms with E-state index in [4.69, 9.17) is 17.0 Å². The Kier molecular flexibility index (Phi) is 4.71. The molecule has 0 aliphatic rings. The first kappa shape index (κ1) is 17.0. The van der Waals surface area contributed by atoms with Gasteiger partial charge in [0.15, 0.2) is 5.82 Å². The predicted molar refractivity (Wildman–Crippen MR) is 109 cm³/mol. The Hall–Kier alpha value is -3.39. The monoisotopic (exact) mass is 378 g/mol. The number of hydrogen-bond donors (Lipinski definition) is 3. The normalized spacial score (nSPS) is 11.3. The van der Waals surface area contributed by atoms with E-state index >= 15 is 0 Å². The molecule has 4 rings (SSSR count). The number of hydrogen-bond acceptors (Lipinski definition) is 5. The quantitative estimate of drug-likeness (QED) is 0.268. The van der Waals surface area contributed by atoms with E-state index in [1.54, 1.807) is 10.9 Å². The van der Waals surface area contributed by atoms with Crippen molar-refractivity contribution in [2.24, 2.45) is 5.10 Å². The molecule has 0 saturated carbocycles. The minimum Gasteiger partial charge on any atom is -0.494 e. The molecule has 0 saturated heterocycles. The van der Waals surface area contributed by atoms with Crippen molar-refractivity contribution in [3.63, 3.8) is 0 Å². The molecule has 0 aliphatic carbocycles. The van der Waals surface area contributed by atoms with Crippen molar-refractivity contribution in [1.82, 2.24) is 19.9 Å². The highest BCUT2D eigenvalue weighted by Gasteiger charge is 2.08. The third-order valence-corrected chi connectivity index (χ3v) is 4.35. The van der Waals surface area contributed by atoms with E-state index in [2.05, 4.69) is 25.8 Å². The maximum Gasteiger partial charge on any atom is 0.216 e. The van der Waals surface area contributed by atoms with Crippen LogP contribution in [0, 0.1) is 4.77 Å². The SMILES string of the molecule is CCOc1ccc(-c2n[nH]c(=S)n2NN=Cc2c[nH]c3ccccc23)cc1. The minimum atomic E-state index is 0.426. The van der Waals surface area contributed by atoms with Gasteiger partial charge in [0.25, 0.3) is 0 Å². The van der Waals surface area contributed by atoms with Crippen LogP contribution in [0.25, 0.3) is 22.3 Å². The van der Waals surface area contributed by atoms with Gasteiger partial charge < -0.3 is 9.72 Å². The summed E-state index contributed by atoms with van der Waals surface area (Å²) in [6.07, 6.45) is 3.66. The second-order valence-electron chi connectivity index (χ2n) is 5.79. The Morgan fingerprint density at radius 1 is 1.22 bits per heavy atom. The van der Waals surface area contributed by atoms with E-state index in [1.165, 1.54) is 0 Å². The number of para-hydroxylation sites is 1. The van der Waals surface area contributed by atoms with Gasteiger partial charge >= 0.3 is 0 Å². The van der Waals surface area contributed by atoms with Gasteiger partial charge in [-0.1, -0.05) is 18.2 Å². The number of rotatable bonds is 6.